The van der Waals surface area contributed by atoms with Gasteiger partial charge >= 0.3 is 5.97 Å². The molecule has 0 bridgehead atoms. The van der Waals surface area contributed by atoms with E-state index in [0.717, 1.165) is 34.4 Å². The number of carbonyl (C=O) groups is 2. The smallest absolute Gasteiger partial charge is 0.338 e. The number of anilines is 1. The molecule has 0 aliphatic carbocycles. The lowest BCUT2D eigenvalue weighted by molar-refractivity contribution is -0.119. The third kappa shape index (κ3) is 4.45. The van der Waals surface area contributed by atoms with Crippen molar-refractivity contribution in [1.29, 1.82) is 0 Å². The minimum Gasteiger partial charge on any atom is -0.495 e. The molecule has 34 heavy (non-hydrogen) atoms. The van der Waals surface area contributed by atoms with Crippen molar-refractivity contribution in [3.05, 3.63) is 66.2 Å². The molecule has 0 radical (unpaired) electrons. The number of aryl methyl sites for hydroxylation is 1. The van der Waals surface area contributed by atoms with Gasteiger partial charge in [0.25, 0.3) is 5.91 Å². The molecule has 1 aromatic heterocycles. The Hall–Kier alpha value is -3.89. The van der Waals surface area contributed by atoms with Gasteiger partial charge in [0, 0.05) is 34.0 Å². The third-order valence-electron chi connectivity index (χ3n) is 5.41. The van der Waals surface area contributed by atoms with Gasteiger partial charge in [0.1, 0.15) is 10.6 Å². The summed E-state index contributed by atoms with van der Waals surface area (Å²) in [5.41, 5.74) is 2.65. The first kappa shape index (κ1) is 23.3. The van der Waals surface area contributed by atoms with Crippen molar-refractivity contribution in [3.8, 4) is 5.75 Å². The third-order valence-corrected chi connectivity index (χ3v) is 6.34. The lowest BCUT2D eigenvalue weighted by Gasteiger charge is -2.10. The number of fused-ring (bicyclic) bond motifs is 3. The first-order valence-corrected chi connectivity index (χ1v) is 12.0. The van der Waals surface area contributed by atoms with Gasteiger partial charge in [-0.15, -0.1) is 0 Å². The maximum absolute atomic E-state index is 12.4. The SMILES string of the molecule is CCn1c2ccccc2c2cc(NC(=O)COC(=O)c3ccc(OC)c(S(N)(=O)=O)c3)ccc21. The molecule has 4 rings (SSSR count). The first-order chi connectivity index (χ1) is 16.2. The van der Waals surface area contributed by atoms with Crippen LogP contribution >= 0.6 is 0 Å². The van der Waals surface area contributed by atoms with Gasteiger partial charge in [0.2, 0.25) is 10.0 Å². The van der Waals surface area contributed by atoms with E-state index >= 15 is 0 Å². The summed E-state index contributed by atoms with van der Waals surface area (Å²) in [6, 6.07) is 17.3. The van der Waals surface area contributed by atoms with Crippen molar-refractivity contribution in [2.45, 2.75) is 18.4 Å². The highest BCUT2D eigenvalue weighted by Gasteiger charge is 2.19. The number of ether oxygens (including phenoxy) is 2. The molecule has 0 saturated heterocycles. The molecule has 0 saturated carbocycles. The topological polar surface area (TPSA) is 130 Å². The molecule has 3 N–H and O–H groups in total. The van der Waals surface area contributed by atoms with Gasteiger partial charge in [-0.3, -0.25) is 4.79 Å². The van der Waals surface area contributed by atoms with Crippen LogP contribution in [0.3, 0.4) is 0 Å². The molecule has 176 valence electrons. The number of sulfonamides is 1. The Labute approximate surface area is 196 Å². The zero-order chi connectivity index (χ0) is 24.5. The normalized spacial score (nSPS) is 11.5. The predicted molar refractivity (Wildman–Crippen MR) is 128 cm³/mol. The Bertz CT molecular complexity index is 1520. The number of para-hydroxylation sites is 1. The molecular weight excluding hydrogens is 458 g/mol. The van der Waals surface area contributed by atoms with Crippen LogP contribution < -0.4 is 15.2 Å². The largest absolute Gasteiger partial charge is 0.495 e. The highest BCUT2D eigenvalue weighted by atomic mass is 32.2. The Kier molecular flexibility index (Phi) is 6.27. The van der Waals surface area contributed by atoms with Crippen molar-refractivity contribution in [2.75, 3.05) is 19.0 Å². The molecule has 0 fully saturated rings. The number of methoxy groups -OCH3 is 1. The van der Waals surface area contributed by atoms with Crippen LogP contribution in [0.2, 0.25) is 0 Å². The Morgan fingerprint density at radius 3 is 2.44 bits per heavy atom. The molecular formula is C24H23N3O6S. The number of primary sulfonamides is 1. The zero-order valence-electron chi connectivity index (χ0n) is 18.6. The van der Waals surface area contributed by atoms with Crippen LogP contribution in [0.4, 0.5) is 5.69 Å². The minimum atomic E-state index is -4.12. The monoisotopic (exact) mass is 481 g/mol. The Morgan fingerprint density at radius 2 is 1.74 bits per heavy atom. The molecule has 10 heteroatoms. The van der Waals surface area contributed by atoms with Crippen molar-refractivity contribution in [2.24, 2.45) is 5.14 Å². The standard InChI is InChI=1S/C24H23N3O6S/c1-3-27-19-7-5-4-6-17(19)18-13-16(9-10-20(18)27)26-23(28)14-33-24(29)15-8-11-21(32-2)22(12-15)34(25,30)31/h4-13H,3,14H2,1-2H3,(H,26,28)(H2,25,30,31). The Balaban J connectivity index is 1.48. The Morgan fingerprint density at radius 1 is 1.00 bits per heavy atom. The van der Waals surface area contributed by atoms with Crippen molar-refractivity contribution in [3.63, 3.8) is 0 Å². The molecule has 0 aliphatic heterocycles. The summed E-state index contributed by atoms with van der Waals surface area (Å²) < 4.78 is 35.7. The summed E-state index contributed by atoms with van der Waals surface area (Å²) in [4.78, 5) is 24.4. The second-order valence-corrected chi connectivity index (χ2v) is 9.06. The number of rotatable bonds is 7. The number of nitrogens with one attached hydrogen (secondary N) is 1. The van der Waals surface area contributed by atoms with E-state index in [4.69, 9.17) is 14.6 Å². The van der Waals surface area contributed by atoms with E-state index in [1.807, 2.05) is 30.3 Å². The molecule has 9 nitrogen and oxygen atoms in total. The number of esters is 1. The molecule has 3 aromatic carbocycles. The quantitative estimate of drug-likeness (QED) is 0.390. The van der Waals surface area contributed by atoms with Gasteiger partial charge in [-0.05, 0) is 49.4 Å². The number of nitrogens with two attached hydrogens (primary N) is 1. The van der Waals surface area contributed by atoms with Crippen molar-refractivity contribution in [1.82, 2.24) is 4.57 Å². The average molecular weight is 482 g/mol. The van der Waals surface area contributed by atoms with Gasteiger partial charge in [-0.2, -0.15) is 0 Å². The summed E-state index contributed by atoms with van der Waals surface area (Å²) in [6.45, 7) is 2.33. The number of hydrogen-bond donors (Lipinski definition) is 2. The summed E-state index contributed by atoms with van der Waals surface area (Å²) >= 11 is 0. The van der Waals surface area contributed by atoms with Crippen LogP contribution in [0.5, 0.6) is 5.75 Å². The maximum Gasteiger partial charge on any atom is 0.338 e. The second-order valence-electron chi connectivity index (χ2n) is 7.53. The molecule has 0 atom stereocenters. The van der Waals surface area contributed by atoms with Crippen LogP contribution in [0.1, 0.15) is 17.3 Å². The van der Waals surface area contributed by atoms with Crippen LogP contribution in [0.25, 0.3) is 21.8 Å². The van der Waals surface area contributed by atoms with E-state index in [1.165, 1.54) is 19.2 Å². The number of carbonyl (C=O) groups excluding carboxylic acids is 2. The van der Waals surface area contributed by atoms with E-state index in [0.29, 0.717) is 5.69 Å². The van der Waals surface area contributed by atoms with E-state index < -0.39 is 28.5 Å². The van der Waals surface area contributed by atoms with Crippen molar-refractivity contribution >= 4 is 49.4 Å². The molecule has 1 heterocycles. The van der Waals surface area contributed by atoms with Crippen molar-refractivity contribution < 1.29 is 27.5 Å². The van der Waals surface area contributed by atoms with Crippen LogP contribution in [-0.4, -0.2) is 38.6 Å². The summed E-state index contributed by atoms with van der Waals surface area (Å²) in [6.07, 6.45) is 0. The molecule has 0 aliphatic rings. The highest BCUT2D eigenvalue weighted by Crippen LogP contribution is 2.31. The molecule has 0 spiro atoms. The maximum atomic E-state index is 12.4. The fraction of sp³-hybridized carbons (Fsp3) is 0.167. The highest BCUT2D eigenvalue weighted by molar-refractivity contribution is 7.89. The van der Waals surface area contributed by atoms with Gasteiger partial charge in [-0.1, -0.05) is 18.2 Å². The fourth-order valence-corrected chi connectivity index (χ4v) is 4.63. The van der Waals surface area contributed by atoms with Crippen LogP contribution in [0, 0.1) is 0 Å². The van der Waals surface area contributed by atoms with E-state index in [1.54, 1.807) is 6.07 Å². The lowest BCUT2D eigenvalue weighted by atomic mass is 10.1. The van der Waals surface area contributed by atoms with E-state index in [2.05, 4.69) is 22.9 Å². The van der Waals surface area contributed by atoms with Gasteiger partial charge in [0.05, 0.1) is 12.7 Å². The fourth-order valence-electron chi connectivity index (χ4n) is 3.91. The minimum absolute atomic E-state index is 0.00313. The summed E-state index contributed by atoms with van der Waals surface area (Å²) in [5.74, 6) is -1.41. The first-order valence-electron chi connectivity index (χ1n) is 10.4. The van der Waals surface area contributed by atoms with Gasteiger partial charge < -0.3 is 19.4 Å². The number of aromatic nitrogens is 1. The lowest BCUT2D eigenvalue weighted by Crippen LogP contribution is -2.21. The molecule has 1 amide bonds. The van der Waals surface area contributed by atoms with Crippen LogP contribution in [0.15, 0.2) is 65.6 Å². The van der Waals surface area contributed by atoms with E-state index in [9.17, 15) is 18.0 Å². The van der Waals surface area contributed by atoms with E-state index in [-0.39, 0.29) is 16.2 Å². The number of amides is 1. The second kappa shape index (κ2) is 9.16. The van der Waals surface area contributed by atoms with Gasteiger partial charge in [0.15, 0.2) is 6.61 Å². The number of nitrogens with zero attached hydrogens (tertiary/aromatic N) is 1. The summed E-state index contributed by atoms with van der Waals surface area (Å²) in [7, 11) is -2.84. The van der Waals surface area contributed by atoms with Gasteiger partial charge in [-0.25, -0.2) is 18.4 Å². The molecule has 0 unspecified atom stereocenters. The predicted octanol–water partition coefficient (Wildman–Crippen LogP) is 3.27. The molecule has 4 aromatic rings. The average Bonchev–Trinajstić information content (AvgIpc) is 3.14. The number of benzene rings is 3. The summed E-state index contributed by atoms with van der Waals surface area (Å²) in [5, 5.41) is 9.97. The zero-order valence-corrected chi connectivity index (χ0v) is 19.4. The number of hydrogen-bond acceptors (Lipinski definition) is 6. The van der Waals surface area contributed by atoms with Crippen LogP contribution in [-0.2, 0) is 26.1 Å².